The van der Waals surface area contributed by atoms with Crippen LogP contribution in [0.1, 0.15) is 49.7 Å². The fraction of sp³-hybridized carbons (Fsp3) is 0.423. The predicted molar refractivity (Wildman–Crippen MR) is 133 cm³/mol. The maximum absolute atomic E-state index is 13.3. The monoisotopic (exact) mass is 447 g/mol. The zero-order chi connectivity index (χ0) is 23.4. The molecule has 33 heavy (non-hydrogen) atoms. The van der Waals surface area contributed by atoms with E-state index in [0.717, 1.165) is 35.5 Å². The molecule has 1 heterocycles. The van der Waals surface area contributed by atoms with Crippen molar-refractivity contribution in [2.45, 2.75) is 57.7 Å². The Hall–Kier alpha value is -3.35. The summed E-state index contributed by atoms with van der Waals surface area (Å²) in [6, 6.07) is 15.3. The topological polar surface area (TPSA) is 77.0 Å². The largest absolute Gasteiger partial charge is 0.356 e. The Morgan fingerprint density at radius 2 is 1.79 bits per heavy atom. The Bertz CT molecular complexity index is 1040. The van der Waals surface area contributed by atoms with Crippen LogP contribution in [-0.4, -0.2) is 49.0 Å². The van der Waals surface area contributed by atoms with Crippen molar-refractivity contribution in [1.29, 1.82) is 0 Å². The number of para-hydroxylation sites is 1. The molecule has 0 spiro atoms. The summed E-state index contributed by atoms with van der Waals surface area (Å²) in [5.41, 5.74) is 3.41. The van der Waals surface area contributed by atoms with Gasteiger partial charge in [0, 0.05) is 31.4 Å². The molecule has 2 N–H and O–H groups in total. The molecule has 1 aliphatic carbocycles. The second-order valence-electron chi connectivity index (χ2n) is 8.99. The zero-order valence-electron chi connectivity index (χ0n) is 19.7. The number of amides is 3. The van der Waals surface area contributed by atoms with E-state index in [1.54, 1.807) is 11.9 Å². The van der Waals surface area contributed by atoms with Crippen LogP contribution < -0.4 is 15.5 Å². The normalized spacial score (nSPS) is 19.1. The van der Waals surface area contributed by atoms with Crippen LogP contribution in [0.3, 0.4) is 0 Å². The number of carbonyl (C=O) groups excluding carboxylic acids is 2. The molecule has 0 saturated heterocycles. The van der Waals surface area contributed by atoms with Crippen molar-refractivity contribution in [3.8, 4) is 0 Å². The van der Waals surface area contributed by atoms with Crippen molar-refractivity contribution < 1.29 is 9.59 Å². The minimum atomic E-state index is -1.02. The molecule has 2 aromatic carbocycles. The number of aryl methyl sites for hydroxylation is 1. The lowest BCUT2D eigenvalue weighted by atomic mass is 10.0. The highest BCUT2D eigenvalue weighted by Crippen LogP contribution is 2.29. The maximum Gasteiger partial charge on any atom is 0.321 e. The highest BCUT2D eigenvalue weighted by molar-refractivity contribution is 6.12. The van der Waals surface area contributed by atoms with Crippen LogP contribution in [-0.2, 0) is 4.79 Å². The number of benzodiazepines with no additional fused rings is 1. The van der Waals surface area contributed by atoms with Crippen LogP contribution in [0.25, 0.3) is 0 Å². The van der Waals surface area contributed by atoms with Crippen LogP contribution in [0, 0.1) is 6.92 Å². The minimum absolute atomic E-state index is 0.272. The minimum Gasteiger partial charge on any atom is -0.356 e. The van der Waals surface area contributed by atoms with Gasteiger partial charge in [-0.2, -0.15) is 0 Å². The number of nitrogens with one attached hydrogen (secondary N) is 2. The third kappa shape index (κ3) is 5.18. The van der Waals surface area contributed by atoms with E-state index in [0.29, 0.717) is 11.7 Å². The van der Waals surface area contributed by atoms with Gasteiger partial charge in [0.25, 0.3) is 5.91 Å². The molecule has 1 aliphatic heterocycles. The molecule has 1 fully saturated rings. The lowest BCUT2D eigenvalue weighted by molar-refractivity contribution is -0.119. The molecule has 2 aromatic rings. The number of hydrogen-bond donors (Lipinski definition) is 2. The molecule has 0 radical (unpaired) electrons. The number of amidine groups is 1. The summed E-state index contributed by atoms with van der Waals surface area (Å²) in [7, 11) is 3.80. The van der Waals surface area contributed by atoms with Crippen molar-refractivity contribution >= 4 is 29.1 Å². The van der Waals surface area contributed by atoms with Gasteiger partial charge in [-0.1, -0.05) is 49.9 Å². The van der Waals surface area contributed by atoms with Crippen molar-refractivity contribution in [3.05, 3.63) is 59.7 Å². The molecule has 3 amide bonds. The van der Waals surface area contributed by atoms with E-state index in [9.17, 15) is 9.59 Å². The fourth-order valence-corrected chi connectivity index (χ4v) is 4.71. The number of benzene rings is 2. The third-order valence-electron chi connectivity index (χ3n) is 6.57. The van der Waals surface area contributed by atoms with Gasteiger partial charge in [0.15, 0.2) is 0 Å². The quantitative estimate of drug-likeness (QED) is 0.679. The molecular weight excluding hydrogens is 414 g/mol. The van der Waals surface area contributed by atoms with Gasteiger partial charge >= 0.3 is 6.03 Å². The van der Waals surface area contributed by atoms with Crippen LogP contribution in [0.2, 0.25) is 0 Å². The summed E-state index contributed by atoms with van der Waals surface area (Å²) in [6.07, 6.45) is 6.11. The van der Waals surface area contributed by atoms with E-state index in [-0.39, 0.29) is 5.91 Å². The first-order valence-corrected chi connectivity index (χ1v) is 11.8. The summed E-state index contributed by atoms with van der Waals surface area (Å²) in [4.78, 5) is 34.7. The van der Waals surface area contributed by atoms with E-state index < -0.39 is 12.2 Å². The van der Waals surface area contributed by atoms with Gasteiger partial charge in [0.1, 0.15) is 5.84 Å². The van der Waals surface area contributed by atoms with Crippen molar-refractivity contribution in [2.75, 3.05) is 24.3 Å². The number of rotatable bonds is 3. The molecule has 2 aliphatic rings. The molecule has 1 atom stereocenters. The highest BCUT2D eigenvalue weighted by atomic mass is 16.2. The summed E-state index contributed by atoms with van der Waals surface area (Å²) in [5.74, 6) is 0.474. The number of carbonyl (C=O) groups is 2. The highest BCUT2D eigenvalue weighted by Gasteiger charge is 2.33. The smallest absolute Gasteiger partial charge is 0.321 e. The zero-order valence-corrected chi connectivity index (χ0v) is 19.7. The van der Waals surface area contributed by atoms with E-state index in [1.807, 2.05) is 55.5 Å². The van der Waals surface area contributed by atoms with Gasteiger partial charge < -0.3 is 20.4 Å². The van der Waals surface area contributed by atoms with Gasteiger partial charge in [0.2, 0.25) is 6.17 Å². The number of urea groups is 1. The van der Waals surface area contributed by atoms with Gasteiger partial charge in [-0.25, -0.2) is 9.79 Å². The van der Waals surface area contributed by atoms with Gasteiger partial charge in [-0.15, -0.1) is 0 Å². The molecule has 4 rings (SSSR count). The number of aliphatic imine (C=N–C) groups is 1. The second kappa shape index (κ2) is 10.1. The molecule has 1 unspecified atom stereocenters. The number of fused-ring (bicyclic) bond motifs is 1. The number of likely N-dealkylation sites (N-methyl/N-ethyl adjacent to an activating group) is 1. The lowest BCUT2D eigenvalue weighted by Gasteiger charge is -2.31. The predicted octanol–water partition coefficient (Wildman–Crippen LogP) is 4.52. The lowest BCUT2D eigenvalue weighted by Crippen LogP contribution is -2.48. The van der Waals surface area contributed by atoms with Crippen molar-refractivity contribution in [2.24, 2.45) is 4.99 Å². The average molecular weight is 448 g/mol. The first kappa shape index (κ1) is 22.8. The molecule has 0 aromatic heterocycles. The summed E-state index contributed by atoms with van der Waals surface area (Å²) in [5, 5.41) is 5.61. The maximum atomic E-state index is 13.3. The van der Waals surface area contributed by atoms with E-state index in [1.165, 1.54) is 25.7 Å². The molecule has 1 saturated carbocycles. The van der Waals surface area contributed by atoms with E-state index in [4.69, 9.17) is 4.99 Å². The number of anilines is 2. The van der Waals surface area contributed by atoms with Gasteiger partial charge in [-0.05, 0) is 49.6 Å². The van der Waals surface area contributed by atoms with Crippen LogP contribution in [0.15, 0.2) is 53.5 Å². The second-order valence-corrected chi connectivity index (χ2v) is 8.99. The number of nitrogens with zero attached hydrogens (tertiary/aromatic N) is 3. The standard InChI is InChI=1S/C26H33N5O2/c1-18-11-10-12-19(17-18)27-26(33)29-23-25(32)31(3)22-16-9-8-15-21(22)24(28-23)30(2)20-13-6-4-5-7-14-20/h8-12,15-17,20,23H,4-7,13-14H2,1-3H3,(H2,27,29,33). The molecule has 174 valence electrons. The summed E-state index contributed by atoms with van der Waals surface area (Å²) < 4.78 is 0. The average Bonchev–Trinajstić information content (AvgIpc) is 3.14. The van der Waals surface area contributed by atoms with Crippen LogP contribution in [0.5, 0.6) is 0 Å². The Labute approximate surface area is 195 Å². The Morgan fingerprint density at radius 1 is 1.06 bits per heavy atom. The molecule has 7 heteroatoms. The fourth-order valence-electron chi connectivity index (χ4n) is 4.71. The Kier molecular flexibility index (Phi) is 6.96. The third-order valence-corrected chi connectivity index (χ3v) is 6.57. The first-order chi connectivity index (χ1) is 15.9. The Morgan fingerprint density at radius 3 is 2.52 bits per heavy atom. The summed E-state index contributed by atoms with van der Waals surface area (Å²) in [6.45, 7) is 1.96. The van der Waals surface area contributed by atoms with Gasteiger partial charge in [-0.3, -0.25) is 4.79 Å². The first-order valence-electron chi connectivity index (χ1n) is 11.8. The molecule has 0 bridgehead atoms. The van der Waals surface area contributed by atoms with E-state index in [2.05, 4.69) is 22.6 Å². The Balaban J connectivity index is 1.64. The van der Waals surface area contributed by atoms with E-state index >= 15 is 0 Å². The molecule has 7 nitrogen and oxygen atoms in total. The van der Waals surface area contributed by atoms with Gasteiger partial charge in [0.05, 0.1) is 5.69 Å². The number of hydrogen-bond acceptors (Lipinski definition) is 4. The van der Waals surface area contributed by atoms with Crippen molar-refractivity contribution in [3.63, 3.8) is 0 Å². The van der Waals surface area contributed by atoms with Crippen molar-refractivity contribution in [1.82, 2.24) is 10.2 Å². The van der Waals surface area contributed by atoms with Crippen LogP contribution >= 0.6 is 0 Å². The SMILES string of the molecule is Cc1cccc(NC(=O)NC2N=C(N(C)C3CCCCCC3)c3ccccc3N(C)C2=O)c1. The van der Waals surface area contributed by atoms with Crippen LogP contribution in [0.4, 0.5) is 16.2 Å². The molecular formula is C26H33N5O2. The summed E-state index contributed by atoms with van der Waals surface area (Å²) >= 11 is 0.